The van der Waals surface area contributed by atoms with Gasteiger partial charge in [0, 0.05) is 15.7 Å². The van der Waals surface area contributed by atoms with Gasteiger partial charge < -0.3 is 14.8 Å². The van der Waals surface area contributed by atoms with E-state index in [1.807, 2.05) is 12.1 Å². The van der Waals surface area contributed by atoms with Crippen molar-refractivity contribution in [3.63, 3.8) is 0 Å². The first-order chi connectivity index (χ1) is 9.24. The quantitative estimate of drug-likeness (QED) is 0.882. The van der Waals surface area contributed by atoms with E-state index < -0.39 is 6.10 Å². The van der Waals surface area contributed by atoms with Crippen molar-refractivity contribution in [2.45, 2.75) is 25.5 Å². The van der Waals surface area contributed by atoms with Crippen molar-refractivity contribution in [3.05, 3.63) is 46.0 Å². The van der Waals surface area contributed by atoms with Crippen molar-refractivity contribution >= 4 is 17.2 Å². The highest BCUT2D eigenvalue weighted by atomic mass is 32.1. The number of carbonyl (C=O) groups excluding carboxylic acids is 1. The van der Waals surface area contributed by atoms with Gasteiger partial charge in [0.05, 0.1) is 12.8 Å². The molecule has 5 heteroatoms. The summed E-state index contributed by atoms with van der Waals surface area (Å²) in [7, 11) is 0. The molecule has 4 nitrogen and oxygen atoms in total. The number of hydrogen-bond acceptors (Lipinski definition) is 4. The second kappa shape index (κ2) is 5.19. The molecule has 0 saturated heterocycles. The fourth-order valence-corrected chi connectivity index (χ4v) is 2.83. The summed E-state index contributed by atoms with van der Waals surface area (Å²) in [4.78, 5) is 13.4. The molecule has 1 aliphatic carbocycles. The smallest absolute Gasteiger partial charge is 0.223 e. The number of carbonyl (C=O) groups is 1. The van der Waals surface area contributed by atoms with Gasteiger partial charge in [0.2, 0.25) is 5.91 Å². The third kappa shape index (κ3) is 2.88. The minimum Gasteiger partial charge on any atom is -0.466 e. The van der Waals surface area contributed by atoms with Crippen LogP contribution in [0.25, 0.3) is 0 Å². The summed E-state index contributed by atoms with van der Waals surface area (Å²) in [6.45, 7) is 0.533. The molecule has 2 aromatic rings. The maximum Gasteiger partial charge on any atom is 0.223 e. The Balaban J connectivity index is 1.61. The summed E-state index contributed by atoms with van der Waals surface area (Å²) in [5.41, 5.74) is 0. The number of rotatable bonds is 5. The highest BCUT2D eigenvalue weighted by Crippen LogP contribution is 2.30. The van der Waals surface area contributed by atoms with Crippen molar-refractivity contribution < 1.29 is 14.3 Å². The van der Waals surface area contributed by atoms with Gasteiger partial charge in [-0.1, -0.05) is 0 Å². The van der Waals surface area contributed by atoms with Crippen LogP contribution in [0, 0.1) is 5.92 Å². The Morgan fingerprint density at radius 3 is 3.00 bits per heavy atom. The lowest BCUT2D eigenvalue weighted by molar-refractivity contribution is -0.122. The van der Waals surface area contributed by atoms with E-state index in [9.17, 15) is 9.90 Å². The van der Waals surface area contributed by atoms with E-state index >= 15 is 0 Å². The zero-order valence-corrected chi connectivity index (χ0v) is 11.2. The number of furan rings is 1. The van der Waals surface area contributed by atoms with Gasteiger partial charge in [-0.15, -0.1) is 11.3 Å². The molecule has 0 radical (unpaired) electrons. The summed E-state index contributed by atoms with van der Waals surface area (Å²) in [6, 6.07) is 7.30. The molecule has 1 fully saturated rings. The van der Waals surface area contributed by atoms with E-state index in [-0.39, 0.29) is 11.8 Å². The van der Waals surface area contributed by atoms with Gasteiger partial charge in [-0.05, 0) is 37.1 Å². The molecule has 2 N–H and O–H groups in total. The average Bonchev–Trinajstić information content (AvgIpc) is 2.95. The van der Waals surface area contributed by atoms with Crippen LogP contribution in [0.15, 0.2) is 34.9 Å². The highest BCUT2D eigenvalue weighted by Gasteiger charge is 2.29. The Labute approximate surface area is 115 Å². The second-order valence-corrected chi connectivity index (χ2v) is 5.91. The molecule has 0 spiro atoms. The number of amides is 1. The molecule has 0 aromatic carbocycles. The summed E-state index contributed by atoms with van der Waals surface area (Å²) < 4.78 is 5.18. The van der Waals surface area contributed by atoms with Gasteiger partial charge in [0.15, 0.2) is 0 Å². The maximum absolute atomic E-state index is 11.5. The fraction of sp³-hybridized carbons (Fsp3) is 0.357. The number of aliphatic hydroxyl groups is 1. The molecule has 0 bridgehead atoms. The van der Waals surface area contributed by atoms with Crippen LogP contribution < -0.4 is 5.32 Å². The largest absolute Gasteiger partial charge is 0.466 e. The molecular formula is C14H15NO3S. The summed E-state index contributed by atoms with van der Waals surface area (Å²) in [5.74, 6) is 0.907. The Hall–Kier alpha value is -1.59. The lowest BCUT2D eigenvalue weighted by Crippen LogP contribution is -2.23. The van der Waals surface area contributed by atoms with Crippen LogP contribution in [0.3, 0.4) is 0 Å². The molecule has 100 valence electrons. The normalized spacial score (nSPS) is 16.3. The first-order valence-corrected chi connectivity index (χ1v) is 7.13. The van der Waals surface area contributed by atoms with Gasteiger partial charge in [-0.3, -0.25) is 4.79 Å². The number of hydrogen-bond donors (Lipinski definition) is 2. The molecular weight excluding hydrogens is 262 g/mol. The third-order valence-corrected chi connectivity index (χ3v) is 4.29. The van der Waals surface area contributed by atoms with E-state index in [1.165, 1.54) is 11.3 Å². The van der Waals surface area contributed by atoms with Crippen LogP contribution in [0.2, 0.25) is 0 Å². The summed E-state index contributed by atoms with van der Waals surface area (Å²) in [5, 5.41) is 13.0. The standard InChI is InChI=1S/C14H15NO3S/c16-13(11-2-1-7-18-11)12-6-5-10(19-12)8-15-14(17)9-3-4-9/h1-2,5-7,9,13,16H,3-4,8H2,(H,15,17). The van der Waals surface area contributed by atoms with Crippen LogP contribution in [0.5, 0.6) is 0 Å². The third-order valence-electron chi connectivity index (χ3n) is 3.15. The van der Waals surface area contributed by atoms with Crippen LogP contribution in [0.4, 0.5) is 0 Å². The molecule has 1 aliphatic rings. The molecule has 3 rings (SSSR count). The number of aliphatic hydroxyl groups excluding tert-OH is 1. The lowest BCUT2D eigenvalue weighted by atomic mass is 10.2. The van der Waals surface area contributed by atoms with Crippen molar-refractivity contribution in [2.24, 2.45) is 5.92 Å². The molecule has 0 aliphatic heterocycles. The number of nitrogens with one attached hydrogen (secondary N) is 1. The van der Waals surface area contributed by atoms with Gasteiger partial charge in [-0.2, -0.15) is 0 Å². The van der Waals surface area contributed by atoms with Crippen LogP contribution in [-0.4, -0.2) is 11.0 Å². The monoisotopic (exact) mass is 277 g/mol. The topological polar surface area (TPSA) is 62.5 Å². The van der Waals surface area contributed by atoms with Gasteiger partial charge >= 0.3 is 0 Å². The van der Waals surface area contributed by atoms with Crippen LogP contribution in [0.1, 0.15) is 34.5 Å². The Bertz CT molecular complexity index is 557. The molecule has 1 atom stereocenters. The van der Waals surface area contributed by atoms with Crippen molar-refractivity contribution in [3.8, 4) is 0 Å². The average molecular weight is 277 g/mol. The Morgan fingerprint density at radius 1 is 1.47 bits per heavy atom. The lowest BCUT2D eigenvalue weighted by Gasteiger charge is -2.04. The first-order valence-electron chi connectivity index (χ1n) is 6.32. The second-order valence-electron chi connectivity index (χ2n) is 4.71. The Morgan fingerprint density at radius 2 is 2.32 bits per heavy atom. The predicted octanol–water partition coefficient (Wildman–Crippen LogP) is 2.45. The van der Waals surface area contributed by atoms with Gasteiger partial charge in [0.25, 0.3) is 0 Å². The minimum absolute atomic E-state index is 0.140. The van der Waals surface area contributed by atoms with Crippen molar-refractivity contribution in [2.75, 3.05) is 0 Å². The summed E-state index contributed by atoms with van der Waals surface area (Å²) in [6.07, 6.45) is 2.84. The van der Waals surface area contributed by atoms with Crippen LogP contribution >= 0.6 is 11.3 Å². The predicted molar refractivity (Wildman–Crippen MR) is 71.7 cm³/mol. The molecule has 2 heterocycles. The molecule has 1 unspecified atom stereocenters. The SMILES string of the molecule is O=C(NCc1ccc(C(O)c2ccco2)s1)C1CC1. The zero-order chi connectivity index (χ0) is 13.2. The van der Waals surface area contributed by atoms with E-state index in [0.29, 0.717) is 12.3 Å². The first kappa shape index (κ1) is 12.4. The number of thiophene rings is 1. The van der Waals surface area contributed by atoms with Crippen molar-refractivity contribution in [1.82, 2.24) is 5.32 Å². The van der Waals surface area contributed by atoms with E-state index in [4.69, 9.17) is 4.42 Å². The van der Waals surface area contributed by atoms with E-state index in [2.05, 4.69) is 5.32 Å². The minimum atomic E-state index is -0.729. The van der Waals surface area contributed by atoms with Crippen LogP contribution in [-0.2, 0) is 11.3 Å². The van der Waals surface area contributed by atoms with E-state index in [0.717, 1.165) is 22.6 Å². The fourth-order valence-electron chi connectivity index (χ4n) is 1.89. The molecule has 2 aromatic heterocycles. The molecule has 19 heavy (non-hydrogen) atoms. The van der Waals surface area contributed by atoms with Crippen molar-refractivity contribution in [1.29, 1.82) is 0 Å². The molecule has 1 amide bonds. The summed E-state index contributed by atoms with van der Waals surface area (Å²) >= 11 is 1.49. The van der Waals surface area contributed by atoms with Gasteiger partial charge in [-0.25, -0.2) is 0 Å². The Kier molecular flexibility index (Phi) is 3.40. The maximum atomic E-state index is 11.5. The zero-order valence-electron chi connectivity index (χ0n) is 10.3. The van der Waals surface area contributed by atoms with Gasteiger partial charge in [0.1, 0.15) is 11.9 Å². The van der Waals surface area contributed by atoms with E-state index in [1.54, 1.807) is 18.4 Å². The molecule has 1 saturated carbocycles. The highest BCUT2D eigenvalue weighted by molar-refractivity contribution is 7.12.